The van der Waals surface area contributed by atoms with Gasteiger partial charge in [0.25, 0.3) is 11.5 Å². The first kappa shape index (κ1) is 18.2. The Morgan fingerprint density at radius 2 is 2.25 bits per heavy atom. The first-order valence-corrected chi connectivity index (χ1v) is 9.20. The number of amides is 1. The number of aromatic nitrogens is 4. The van der Waals surface area contributed by atoms with E-state index >= 15 is 0 Å². The van der Waals surface area contributed by atoms with Crippen LogP contribution in [0.5, 0.6) is 0 Å². The maximum absolute atomic E-state index is 12.5. The maximum Gasteiger partial charge on any atom is 0.254 e. The molecule has 1 aliphatic heterocycles. The van der Waals surface area contributed by atoms with Gasteiger partial charge < -0.3 is 9.73 Å². The molecule has 28 heavy (non-hydrogen) atoms. The van der Waals surface area contributed by atoms with E-state index < -0.39 is 0 Å². The van der Waals surface area contributed by atoms with Gasteiger partial charge in [0.2, 0.25) is 0 Å². The molecule has 146 valence electrons. The predicted octanol–water partition coefficient (Wildman–Crippen LogP) is 0.906. The Morgan fingerprint density at radius 3 is 3.00 bits per heavy atom. The van der Waals surface area contributed by atoms with Crippen LogP contribution in [0, 0.1) is 0 Å². The summed E-state index contributed by atoms with van der Waals surface area (Å²) in [5, 5.41) is 6.78. The molecule has 4 heterocycles. The number of furan rings is 1. The molecule has 3 aromatic rings. The number of aryl methyl sites for hydroxylation is 1. The van der Waals surface area contributed by atoms with Gasteiger partial charge in [-0.1, -0.05) is 0 Å². The molecule has 0 aliphatic carbocycles. The van der Waals surface area contributed by atoms with Crippen molar-refractivity contribution >= 4 is 5.91 Å². The molecule has 9 heteroatoms. The molecule has 0 aromatic carbocycles. The maximum atomic E-state index is 12.5. The van der Waals surface area contributed by atoms with Gasteiger partial charge in [-0.15, -0.1) is 0 Å². The summed E-state index contributed by atoms with van der Waals surface area (Å²) < 4.78 is 8.72. The molecule has 0 spiro atoms. The summed E-state index contributed by atoms with van der Waals surface area (Å²) in [6, 6.07) is 5.30. The molecule has 1 amide bonds. The fourth-order valence-electron chi connectivity index (χ4n) is 3.36. The number of hydrogen-bond acceptors (Lipinski definition) is 6. The second-order valence-corrected chi connectivity index (χ2v) is 6.88. The van der Waals surface area contributed by atoms with Crippen LogP contribution in [-0.2, 0) is 33.2 Å². The number of nitrogens with one attached hydrogen (secondary N) is 1. The van der Waals surface area contributed by atoms with Gasteiger partial charge in [-0.25, -0.2) is 4.98 Å². The van der Waals surface area contributed by atoms with E-state index in [1.54, 1.807) is 28.8 Å². The van der Waals surface area contributed by atoms with Crippen molar-refractivity contribution in [1.82, 2.24) is 29.5 Å². The quantitative estimate of drug-likeness (QED) is 0.704. The second-order valence-electron chi connectivity index (χ2n) is 6.88. The first-order valence-electron chi connectivity index (χ1n) is 9.20. The van der Waals surface area contributed by atoms with Crippen molar-refractivity contribution in [2.75, 3.05) is 6.54 Å². The lowest BCUT2D eigenvalue weighted by atomic mass is 10.3. The Kier molecular flexibility index (Phi) is 5.07. The Labute approximate surface area is 161 Å². The van der Waals surface area contributed by atoms with E-state index in [0.717, 1.165) is 18.7 Å². The number of rotatable bonds is 5. The van der Waals surface area contributed by atoms with E-state index in [2.05, 4.69) is 20.3 Å². The van der Waals surface area contributed by atoms with Crippen LogP contribution in [0.3, 0.4) is 0 Å². The fraction of sp³-hybridized carbons (Fsp3) is 0.368. The number of fused-ring (bicyclic) bond motifs is 1. The summed E-state index contributed by atoms with van der Waals surface area (Å²) in [7, 11) is 1.75. The molecular weight excluding hydrogens is 360 g/mol. The van der Waals surface area contributed by atoms with Crippen LogP contribution >= 0.6 is 0 Å². The summed E-state index contributed by atoms with van der Waals surface area (Å²) in [6.45, 7) is 2.91. The normalized spacial score (nSPS) is 14.5. The molecular formula is C19H22N6O3. The molecule has 0 atom stereocenters. The Balaban J connectivity index is 1.48. The second kappa shape index (κ2) is 7.81. The van der Waals surface area contributed by atoms with Crippen molar-refractivity contribution in [3.63, 3.8) is 0 Å². The minimum Gasteiger partial charge on any atom is -0.468 e. The highest BCUT2D eigenvalue weighted by atomic mass is 16.3. The Morgan fingerprint density at radius 1 is 1.36 bits per heavy atom. The fourth-order valence-corrected chi connectivity index (χ4v) is 3.36. The topological polar surface area (TPSA) is 98.2 Å². The van der Waals surface area contributed by atoms with E-state index in [-0.39, 0.29) is 18.0 Å². The standard InChI is InChI=1S/C19H22N6O3/c1-23-11-14(9-21-23)19(27)20-10-15-8-18(26)25-6-3-5-24(13-17(25)22-15)12-16-4-2-7-28-16/h2,4,7-9,11H,3,5-6,10,12-13H2,1H3,(H,20,27). The van der Waals surface area contributed by atoms with Gasteiger partial charge in [-0.05, 0) is 18.6 Å². The average molecular weight is 382 g/mol. The highest BCUT2D eigenvalue weighted by Gasteiger charge is 2.18. The van der Waals surface area contributed by atoms with E-state index in [1.807, 2.05) is 12.1 Å². The molecule has 1 N–H and O–H groups in total. The van der Waals surface area contributed by atoms with Crippen LogP contribution in [0.1, 0.15) is 34.1 Å². The average Bonchev–Trinajstić information content (AvgIpc) is 3.28. The summed E-state index contributed by atoms with van der Waals surface area (Å²) in [5.41, 5.74) is 0.933. The van der Waals surface area contributed by atoms with Crippen LogP contribution < -0.4 is 10.9 Å². The molecule has 9 nitrogen and oxygen atoms in total. The van der Waals surface area contributed by atoms with Gasteiger partial charge in [0.15, 0.2) is 0 Å². The minimum absolute atomic E-state index is 0.0875. The number of hydrogen-bond donors (Lipinski definition) is 1. The Bertz CT molecular complexity index is 1020. The summed E-state index contributed by atoms with van der Waals surface area (Å²) in [5.74, 6) is 1.35. The number of carbonyl (C=O) groups excluding carboxylic acids is 1. The SMILES string of the molecule is Cn1cc(C(=O)NCc2cc(=O)n3c(n2)CN(Cc2ccco2)CCC3)cn1. The van der Waals surface area contributed by atoms with E-state index in [1.165, 1.54) is 12.3 Å². The van der Waals surface area contributed by atoms with Crippen molar-refractivity contribution in [2.24, 2.45) is 7.05 Å². The largest absolute Gasteiger partial charge is 0.468 e. The third-order valence-corrected chi connectivity index (χ3v) is 4.72. The predicted molar refractivity (Wildman–Crippen MR) is 100 cm³/mol. The van der Waals surface area contributed by atoms with Gasteiger partial charge in [-0.3, -0.25) is 23.7 Å². The third-order valence-electron chi connectivity index (χ3n) is 4.72. The molecule has 0 saturated heterocycles. The molecule has 0 unspecified atom stereocenters. The van der Waals surface area contributed by atoms with Crippen LogP contribution in [0.25, 0.3) is 0 Å². The monoisotopic (exact) mass is 382 g/mol. The van der Waals surface area contributed by atoms with E-state index in [0.29, 0.717) is 36.7 Å². The van der Waals surface area contributed by atoms with Crippen molar-refractivity contribution in [2.45, 2.75) is 32.6 Å². The molecule has 0 fully saturated rings. The van der Waals surface area contributed by atoms with Gasteiger partial charge in [-0.2, -0.15) is 5.10 Å². The van der Waals surface area contributed by atoms with Crippen LogP contribution in [-0.4, -0.2) is 36.7 Å². The zero-order valence-electron chi connectivity index (χ0n) is 15.7. The number of carbonyl (C=O) groups is 1. The molecule has 0 radical (unpaired) electrons. The Hall–Kier alpha value is -3.20. The lowest BCUT2D eigenvalue weighted by molar-refractivity contribution is 0.0950. The van der Waals surface area contributed by atoms with Crippen molar-refractivity contribution in [3.8, 4) is 0 Å². The summed E-state index contributed by atoms with van der Waals surface area (Å²) >= 11 is 0. The molecule has 3 aromatic heterocycles. The molecule has 4 rings (SSSR count). The molecule has 0 saturated carbocycles. The van der Waals surface area contributed by atoms with Crippen molar-refractivity contribution < 1.29 is 9.21 Å². The van der Waals surface area contributed by atoms with Gasteiger partial charge >= 0.3 is 0 Å². The lowest BCUT2D eigenvalue weighted by Gasteiger charge is -2.18. The smallest absolute Gasteiger partial charge is 0.254 e. The minimum atomic E-state index is -0.246. The van der Waals surface area contributed by atoms with E-state index in [9.17, 15) is 9.59 Å². The van der Waals surface area contributed by atoms with Gasteiger partial charge in [0.05, 0.1) is 43.4 Å². The van der Waals surface area contributed by atoms with Crippen molar-refractivity contribution in [1.29, 1.82) is 0 Å². The van der Waals surface area contributed by atoms with Crippen LogP contribution in [0.15, 0.2) is 46.1 Å². The van der Waals surface area contributed by atoms with Crippen LogP contribution in [0.4, 0.5) is 0 Å². The first-order chi connectivity index (χ1) is 13.6. The molecule has 0 bridgehead atoms. The highest BCUT2D eigenvalue weighted by Crippen LogP contribution is 2.13. The zero-order chi connectivity index (χ0) is 19.5. The van der Waals surface area contributed by atoms with Crippen molar-refractivity contribution in [3.05, 3.63) is 70.1 Å². The summed E-state index contributed by atoms with van der Waals surface area (Å²) in [6.07, 6.45) is 5.67. The zero-order valence-corrected chi connectivity index (χ0v) is 15.7. The van der Waals surface area contributed by atoms with Gasteiger partial charge in [0.1, 0.15) is 11.6 Å². The third kappa shape index (κ3) is 4.04. The lowest BCUT2D eigenvalue weighted by Crippen LogP contribution is -2.29. The highest BCUT2D eigenvalue weighted by molar-refractivity contribution is 5.93. The molecule has 1 aliphatic rings. The van der Waals surface area contributed by atoms with E-state index in [4.69, 9.17) is 4.42 Å². The summed E-state index contributed by atoms with van der Waals surface area (Å²) in [4.78, 5) is 31.6. The number of nitrogens with zero attached hydrogens (tertiary/aromatic N) is 5. The van der Waals surface area contributed by atoms with Gasteiger partial charge in [0, 0.05) is 32.4 Å². The van der Waals surface area contributed by atoms with Crippen LogP contribution in [0.2, 0.25) is 0 Å².